The molecule has 3 N–H and O–H groups in total. The maximum absolute atomic E-state index is 13.0. The average molecular weight is 1320 g/mol. The first-order chi connectivity index (χ1) is 43.3. The number of hydrogen-bond acceptors (Lipinski definition) is 15. The molecule has 0 rings (SSSR count). The van der Waals surface area contributed by atoms with Crippen molar-refractivity contribution in [2.75, 3.05) is 39.6 Å². The summed E-state index contributed by atoms with van der Waals surface area (Å²) in [5.41, 5.74) is 0. The van der Waals surface area contributed by atoms with E-state index in [1.165, 1.54) is 122 Å². The SMILES string of the molecule is CCCCCC/C=C\C=C/CCCCCCCC(=O)O[C@H](COC(=O)CCCCCCCCCCCCC(C)C)COP(=O)(O)OC[C@@H](O)COP(=O)(O)OC[C@@H](COC(=O)CCCCCCCCC(C)CC)OC(=O)CCCCCCCCCCCC(C)C. The number of hydrogen-bond donors (Lipinski definition) is 3. The van der Waals surface area contributed by atoms with Crippen molar-refractivity contribution in [1.29, 1.82) is 0 Å². The van der Waals surface area contributed by atoms with E-state index < -0.39 is 97.5 Å². The van der Waals surface area contributed by atoms with Crippen molar-refractivity contribution in [3.63, 3.8) is 0 Å². The average Bonchev–Trinajstić information content (AvgIpc) is 3.55. The molecule has 0 radical (unpaired) electrons. The Kier molecular flexibility index (Phi) is 59.7. The van der Waals surface area contributed by atoms with Crippen LogP contribution in [0.1, 0.15) is 331 Å². The summed E-state index contributed by atoms with van der Waals surface area (Å²) in [6.45, 7) is 11.7. The van der Waals surface area contributed by atoms with Crippen LogP contribution in [0.3, 0.4) is 0 Å². The summed E-state index contributed by atoms with van der Waals surface area (Å²) in [7, 11) is -9.92. The van der Waals surface area contributed by atoms with Crippen LogP contribution in [0, 0.1) is 17.8 Å². The van der Waals surface area contributed by atoms with E-state index in [1.54, 1.807) is 0 Å². The standard InChI is InChI=1S/C71H134O17P2/c1-8-10-11-12-13-14-15-16-17-18-19-26-31-40-47-54-70(75)87-66(58-81-68(73)52-45-38-30-25-21-20-23-28-35-42-49-62(3)4)60-85-89(77,78)83-56-65(72)57-84-90(79,80)86-61-67(59-82-69(74)53-46-39-34-33-37-44-51-64(7)9-2)88-71(76)55-48-41-32-27-22-24-29-36-43-50-63(5)6/h14-17,62-67,72H,8-13,18-61H2,1-7H3,(H,77,78)(H,79,80)/b15-14-,17-16-/t64?,65-,66-,67-/m1/s1. The number of carbonyl (C=O) groups is 4. The van der Waals surface area contributed by atoms with Crippen LogP contribution in [-0.4, -0.2) is 96.7 Å². The first kappa shape index (κ1) is 87.5. The van der Waals surface area contributed by atoms with E-state index in [2.05, 4.69) is 72.8 Å². The number of rotatable bonds is 67. The predicted octanol–water partition coefficient (Wildman–Crippen LogP) is 19.8. The van der Waals surface area contributed by atoms with E-state index in [1.807, 2.05) is 0 Å². The van der Waals surface area contributed by atoms with Crippen molar-refractivity contribution >= 4 is 39.5 Å². The molecule has 530 valence electrons. The Morgan fingerprint density at radius 1 is 0.367 bits per heavy atom. The molecule has 19 heteroatoms. The van der Waals surface area contributed by atoms with Crippen molar-refractivity contribution < 1.29 is 80.2 Å². The maximum atomic E-state index is 13.0. The lowest BCUT2D eigenvalue weighted by atomic mass is 10.00. The van der Waals surface area contributed by atoms with Gasteiger partial charge in [0.05, 0.1) is 26.4 Å². The number of allylic oxidation sites excluding steroid dienone is 4. The topological polar surface area (TPSA) is 237 Å². The van der Waals surface area contributed by atoms with Crippen LogP contribution in [0.2, 0.25) is 0 Å². The number of esters is 4. The number of aliphatic hydroxyl groups is 1. The van der Waals surface area contributed by atoms with Crippen molar-refractivity contribution in [1.82, 2.24) is 0 Å². The third kappa shape index (κ3) is 63.0. The summed E-state index contributed by atoms with van der Waals surface area (Å²) < 4.78 is 68.3. The zero-order valence-corrected chi connectivity index (χ0v) is 59.9. The summed E-state index contributed by atoms with van der Waals surface area (Å²) in [5, 5.41) is 10.6. The molecule has 0 aliphatic heterocycles. The lowest BCUT2D eigenvalue weighted by molar-refractivity contribution is -0.161. The van der Waals surface area contributed by atoms with Crippen molar-refractivity contribution in [3.8, 4) is 0 Å². The highest BCUT2D eigenvalue weighted by molar-refractivity contribution is 7.47. The van der Waals surface area contributed by atoms with Gasteiger partial charge in [-0.15, -0.1) is 0 Å². The highest BCUT2D eigenvalue weighted by Gasteiger charge is 2.30. The lowest BCUT2D eigenvalue weighted by Crippen LogP contribution is -2.30. The Balaban J connectivity index is 5.30. The van der Waals surface area contributed by atoms with Gasteiger partial charge in [-0.3, -0.25) is 37.3 Å². The molecular formula is C71H134O17P2. The van der Waals surface area contributed by atoms with Gasteiger partial charge in [0.2, 0.25) is 0 Å². The highest BCUT2D eigenvalue weighted by atomic mass is 31.2. The number of carbonyl (C=O) groups excluding carboxylic acids is 4. The van der Waals surface area contributed by atoms with Gasteiger partial charge in [0.15, 0.2) is 12.2 Å². The molecule has 0 aromatic heterocycles. The molecule has 0 aliphatic rings. The van der Waals surface area contributed by atoms with Gasteiger partial charge >= 0.3 is 39.5 Å². The van der Waals surface area contributed by atoms with Crippen LogP contribution in [0.4, 0.5) is 0 Å². The number of phosphoric acid groups is 2. The first-order valence-electron chi connectivity index (χ1n) is 36.2. The van der Waals surface area contributed by atoms with Crippen LogP contribution < -0.4 is 0 Å². The largest absolute Gasteiger partial charge is 0.472 e. The summed E-state index contributed by atoms with van der Waals surface area (Å²) in [4.78, 5) is 72.5. The number of phosphoric ester groups is 2. The molecule has 6 atom stereocenters. The Morgan fingerprint density at radius 3 is 0.989 bits per heavy atom. The molecule has 0 aromatic carbocycles. The zero-order chi connectivity index (χ0) is 66.6. The Morgan fingerprint density at radius 2 is 0.656 bits per heavy atom. The fourth-order valence-electron chi connectivity index (χ4n) is 10.1. The third-order valence-corrected chi connectivity index (χ3v) is 18.0. The molecule has 0 saturated carbocycles. The molecule has 17 nitrogen and oxygen atoms in total. The molecule has 0 aliphatic carbocycles. The Hall–Kier alpha value is -2.46. The summed E-state index contributed by atoms with van der Waals surface area (Å²) in [6, 6.07) is 0. The summed E-state index contributed by atoms with van der Waals surface area (Å²) in [6.07, 6.45) is 48.0. The van der Waals surface area contributed by atoms with Crippen LogP contribution in [0.15, 0.2) is 24.3 Å². The Labute approximate surface area is 548 Å². The second-order valence-electron chi connectivity index (χ2n) is 26.1. The van der Waals surface area contributed by atoms with Gasteiger partial charge < -0.3 is 33.8 Å². The molecule has 0 aromatic rings. The van der Waals surface area contributed by atoms with Crippen LogP contribution in [0.5, 0.6) is 0 Å². The predicted molar refractivity (Wildman–Crippen MR) is 363 cm³/mol. The van der Waals surface area contributed by atoms with Crippen molar-refractivity contribution in [3.05, 3.63) is 24.3 Å². The molecular weight excluding hydrogens is 1190 g/mol. The zero-order valence-electron chi connectivity index (χ0n) is 58.1. The van der Waals surface area contributed by atoms with Crippen LogP contribution in [-0.2, 0) is 65.4 Å². The third-order valence-electron chi connectivity index (χ3n) is 16.1. The molecule has 0 fully saturated rings. The van der Waals surface area contributed by atoms with Crippen LogP contribution in [0.25, 0.3) is 0 Å². The second-order valence-corrected chi connectivity index (χ2v) is 29.0. The van der Waals surface area contributed by atoms with E-state index in [4.69, 9.17) is 37.0 Å². The van der Waals surface area contributed by atoms with Crippen LogP contribution >= 0.6 is 15.6 Å². The molecule has 3 unspecified atom stereocenters. The molecule has 0 heterocycles. The molecule has 0 saturated heterocycles. The van der Waals surface area contributed by atoms with Crippen molar-refractivity contribution in [2.45, 2.75) is 349 Å². The van der Waals surface area contributed by atoms with Crippen molar-refractivity contribution in [2.24, 2.45) is 17.8 Å². The Bertz CT molecular complexity index is 1860. The second kappa shape index (κ2) is 61.4. The first-order valence-corrected chi connectivity index (χ1v) is 39.2. The fraction of sp³-hybridized carbons (Fsp3) is 0.887. The van der Waals surface area contributed by atoms with Gasteiger partial charge in [-0.2, -0.15) is 0 Å². The van der Waals surface area contributed by atoms with E-state index in [9.17, 15) is 43.2 Å². The minimum atomic E-state index is -4.96. The molecule has 0 spiro atoms. The van der Waals surface area contributed by atoms with E-state index >= 15 is 0 Å². The van der Waals surface area contributed by atoms with E-state index in [0.29, 0.717) is 25.7 Å². The smallest absolute Gasteiger partial charge is 0.462 e. The highest BCUT2D eigenvalue weighted by Crippen LogP contribution is 2.45. The van der Waals surface area contributed by atoms with Gasteiger partial charge in [0, 0.05) is 25.7 Å². The molecule has 90 heavy (non-hydrogen) atoms. The van der Waals surface area contributed by atoms with E-state index in [-0.39, 0.29) is 25.7 Å². The lowest BCUT2D eigenvalue weighted by Gasteiger charge is -2.21. The number of aliphatic hydroxyl groups excluding tert-OH is 1. The quantitative estimate of drug-likeness (QED) is 0.0169. The molecule has 0 bridgehead atoms. The monoisotopic (exact) mass is 1320 g/mol. The number of ether oxygens (including phenoxy) is 4. The molecule has 0 amide bonds. The van der Waals surface area contributed by atoms with Gasteiger partial charge in [-0.1, -0.05) is 278 Å². The minimum absolute atomic E-state index is 0.0842. The number of unbranched alkanes of at least 4 members (excludes halogenated alkanes) is 31. The van der Waals surface area contributed by atoms with E-state index in [0.717, 1.165) is 127 Å². The fourth-order valence-corrected chi connectivity index (χ4v) is 11.7. The normalized spacial score (nSPS) is 14.7. The van der Waals surface area contributed by atoms with Gasteiger partial charge in [0.1, 0.15) is 19.3 Å². The van der Waals surface area contributed by atoms with Gasteiger partial charge in [0.25, 0.3) is 0 Å². The van der Waals surface area contributed by atoms with Gasteiger partial charge in [-0.25, -0.2) is 9.13 Å². The van der Waals surface area contributed by atoms with Gasteiger partial charge in [-0.05, 0) is 69.1 Å². The summed E-state index contributed by atoms with van der Waals surface area (Å²) in [5.74, 6) is 0.0624. The summed E-state index contributed by atoms with van der Waals surface area (Å²) >= 11 is 0. The maximum Gasteiger partial charge on any atom is 0.472 e. The minimum Gasteiger partial charge on any atom is -0.462 e.